The van der Waals surface area contributed by atoms with E-state index in [1.165, 1.54) is 68.1 Å². The Kier molecular flexibility index (Phi) is 12.2. The van der Waals surface area contributed by atoms with Gasteiger partial charge in [0.25, 0.3) is 0 Å². The summed E-state index contributed by atoms with van der Waals surface area (Å²) in [7, 11) is -2.38. The summed E-state index contributed by atoms with van der Waals surface area (Å²) in [5, 5.41) is 4.26. The summed E-state index contributed by atoms with van der Waals surface area (Å²) in [4.78, 5) is 29.0. The average Bonchev–Trinajstić information content (AvgIpc) is 3.61. The number of esters is 2. The lowest BCUT2D eigenvalue weighted by molar-refractivity contribution is -0.221. The molecule has 61 heavy (non-hydrogen) atoms. The van der Waals surface area contributed by atoms with Crippen molar-refractivity contribution in [2.75, 3.05) is 50.9 Å². The topological polar surface area (TPSA) is 108 Å². The van der Waals surface area contributed by atoms with E-state index in [0.29, 0.717) is 66.1 Å². The van der Waals surface area contributed by atoms with Crippen LogP contribution in [-0.2, 0) is 14.3 Å². The Morgan fingerprint density at radius 3 is 2.28 bits per heavy atom. The Morgan fingerprint density at radius 2 is 1.61 bits per heavy atom. The lowest BCUT2D eigenvalue weighted by Crippen LogP contribution is -2.68. The molecule has 9 heteroatoms. The van der Waals surface area contributed by atoms with Crippen molar-refractivity contribution in [1.29, 1.82) is 0 Å². The number of hydrogen-bond acceptors (Lipinski definition) is 8. The highest BCUT2D eigenvalue weighted by molar-refractivity contribution is 8.24. The third-order valence-electron chi connectivity index (χ3n) is 19.2. The molecule has 338 valence electrons. The number of hydrogen-bond donors (Lipinski definition) is 3. The van der Waals surface area contributed by atoms with Crippen molar-refractivity contribution in [3.63, 3.8) is 0 Å². The minimum Gasteiger partial charge on any atom is -0.465 e. The van der Waals surface area contributed by atoms with Gasteiger partial charge in [-0.05, 0) is 165 Å². The fourth-order valence-corrected chi connectivity index (χ4v) is 17.0. The molecule has 0 unspecified atom stereocenters. The number of nitrogens with zero attached hydrogens (tertiary/aromatic N) is 1. The van der Waals surface area contributed by atoms with Gasteiger partial charge in [-0.1, -0.05) is 77.1 Å². The fourth-order valence-electron chi connectivity index (χ4n) is 15.7. The van der Waals surface area contributed by atoms with E-state index >= 15 is 0 Å². The summed E-state index contributed by atoms with van der Waals surface area (Å²) in [6, 6.07) is 9.02. The van der Waals surface area contributed by atoms with Crippen LogP contribution in [0.3, 0.4) is 0 Å². The van der Waals surface area contributed by atoms with Crippen LogP contribution < -0.4 is 5.32 Å². The van der Waals surface area contributed by atoms with Crippen LogP contribution in [0.2, 0.25) is 0 Å². The number of ether oxygens (including phenoxy) is 2. The SMILES string of the molecule is C=C(C)[C@@H]1CC[C@]2(NCCN3CCS(O)(O)CC3)CC[C@]3(C)[C@H](CC[C@@H]4[C@@]5(C)CC=C(C6=CC[C@](COC(=O)c7ccccc7)(C(=O)OCC)CC6)C(C)(C)[C@@H]5CC[C@]43C)[C@@H]12. The third kappa shape index (κ3) is 7.64. The Bertz CT molecular complexity index is 1900. The molecule has 6 aliphatic carbocycles. The summed E-state index contributed by atoms with van der Waals surface area (Å²) >= 11 is 0. The Hall–Kier alpha value is -2.43. The van der Waals surface area contributed by atoms with E-state index in [2.05, 4.69) is 70.5 Å². The van der Waals surface area contributed by atoms with E-state index in [4.69, 9.17) is 9.47 Å². The van der Waals surface area contributed by atoms with Gasteiger partial charge in [0.1, 0.15) is 12.0 Å². The summed E-state index contributed by atoms with van der Waals surface area (Å²) in [5.74, 6) is 3.42. The predicted octanol–water partition coefficient (Wildman–Crippen LogP) is 11.1. The van der Waals surface area contributed by atoms with E-state index in [1.54, 1.807) is 12.1 Å². The largest absolute Gasteiger partial charge is 0.465 e. The van der Waals surface area contributed by atoms with Gasteiger partial charge in [-0.15, -0.1) is 0 Å². The van der Waals surface area contributed by atoms with Crippen LogP contribution in [0, 0.1) is 56.7 Å². The molecule has 8 nitrogen and oxygen atoms in total. The van der Waals surface area contributed by atoms with E-state index in [9.17, 15) is 18.7 Å². The second-order valence-corrected chi connectivity index (χ2v) is 24.7. The van der Waals surface area contributed by atoms with Crippen LogP contribution in [-0.4, -0.2) is 82.4 Å². The number of benzene rings is 1. The van der Waals surface area contributed by atoms with Gasteiger partial charge in [-0.2, -0.15) is 10.6 Å². The van der Waals surface area contributed by atoms with Crippen LogP contribution in [0.15, 0.2) is 65.8 Å². The van der Waals surface area contributed by atoms with Crippen molar-refractivity contribution in [2.45, 2.75) is 131 Å². The molecule has 10 atom stereocenters. The lowest BCUT2D eigenvalue weighted by atomic mass is 9.33. The minimum atomic E-state index is -2.38. The average molecular weight is 859 g/mol. The van der Waals surface area contributed by atoms with Crippen molar-refractivity contribution < 1.29 is 28.2 Å². The lowest BCUT2D eigenvalue weighted by Gasteiger charge is -2.72. The highest BCUT2D eigenvalue weighted by Crippen LogP contribution is 2.76. The van der Waals surface area contributed by atoms with E-state index in [-0.39, 0.29) is 39.8 Å². The maximum absolute atomic E-state index is 13.6. The van der Waals surface area contributed by atoms with Crippen LogP contribution in [0.1, 0.15) is 136 Å². The van der Waals surface area contributed by atoms with Gasteiger partial charge in [0.15, 0.2) is 0 Å². The number of carbonyl (C=O) groups is 2. The Balaban J connectivity index is 1.00. The van der Waals surface area contributed by atoms with E-state index < -0.39 is 22.0 Å². The number of nitrogens with one attached hydrogen (secondary N) is 1. The summed E-state index contributed by atoms with van der Waals surface area (Å²) in [6.45, 7) is 25.7. The first kappa shape index (κ1) is 45.1. The highest BCUT2D eigenvalue weighted by Gasteiger charge is 2.70. The molecule has 7 aliphatic rings. The molecule has 1 aromatic carbocycles. The predicted molar refractivity (Wildman–Crippen MR) is 247 cm³/mol. The normalized spacial score (nSPS) is 40.8. The molecule has 0 radical (unpaired) electrons. The first-order valence-corrected chi connectivity index (χ1v) is 25.9. The van der Waals surface area contributed by atoms with Gasteiger partial charge < -0.3 is 14.8 Å². The monoisotopic (exact) mass is 859 g/mol. The zero-order valence-corrected chi connectivity index (χ0v) is 39.5. The molecule has 1 saturated heterocycles. The zero-order valence-electron chi connectivity index (χ0n) is 38.7. The molecule has 8 rings (SSSR count). The summed E-state index contributed by atoms with van der Waals surface area (Å²) < 4.78 is 31.8. The fraction of sp³-hybridized carbons (Fsp3) is 0.731. The summed E-state index contributed by atoms with van der Waals surface area (Å²) in [5.41, 5.74) is 4.70. The minimum absolute atomic E-state index is 0.00469. The third-order valence-corrected chi connectivity index (χ3v) is 20.8. The molecule has 0 spiro atoms. The number of fused-ring (bicyclic) bond motifs is 7. The molecular weight excluding hydrogens is 781 g/mol. The van der Waals surface area contributed by atoms with Crippen molar-refractivity contribution in [1.82, 2.24) is 10.2 Å². The smallest absolute Gasteiger partial charge is 0.338 e. The molecule has 5 fully saturated rings. The zero-order chi connectivity index (χ0) is 43.6. The molecule has 0 bridgehead atoms. The van der Waals surface area contributed by atoms with Gasteiger partial charge in [-0.3, -0.25) is 18.8 Å². The van der Waals surface area contributed by atoms with Gasteiger partial charge in [-0.25, -0.2) is 4.79 Å². The Labute approximate surface area is 369 Å². The molecular formula is C52H78N2O6S. The molecule has 0 aromatic heterocycles. The van der Waals surface area contributed by atoms with Gasteiger partial charge >= 0.3 is 11.9 Å². The van der Waals surface area contributed by atoms with Crippen molar-refractivity contribution in [3.05, 3.63) is 71.3 Å². The molecule has 0 amide bonds. The van der Waals surface area contributed by atoms with Crippen LogP contribution in [0.5, 0.6) is 0 Å². The molecule has 1 aliphatic heterocycles. The molecule has 1 aromatic rings. The maximum atomic E-state index is 13.6. The second-order valence-electron chi connectivity index (χ2n) is 22.2. The number of rotatable bonds is 11. The Morgan fingerprint density at radius 1 is 0.869 bits per heavy atom. The van der Waals surface area contributed by atoms with Crippen molar-refractivity contribution in [3.8, 4) is 0 Å². The van der Waals surface area contributed by atoms with Crippen LogP contribution in [0.4, 0.5) is 0 Å². The molecule has 1 heterocycles. The van der Waals surface area contributed by atoms with Crippen LogP contribution >= 0.6 is 10.6 Å². The summed E-state index contributed by atoms with van der Waals surface area (Å²) in [6.07, 6.45) is 18.0. The van der Waals surface area contributed by atoms with E-state index in [0.717, 1.165) is 39.0 Å². The second kappa shape index (κ2) is 16.5. The van der Waals surface area contributed by atoms with Gasteiger partial charge in [0, 0.05) is 31.7 Å². The van der Waals surface area contributed by atoms with Crippen LogP contribution in [0.25, 0.3) is 0 Å². The standard InChI is InChI=1S/C52H78N2O6S/c1-9-59-46(56)51(35-60-45(55)38-13-11-10-12-14-38)24-17-37(18-25-51)40-20-22-48(6)42(47(40,4)5)21-23-50(8)43(48)16-15-41-44-39(36(2)3)19-26-52(44,28-27-49(41,50)7)53-29-30-54-31-33-61(57,58)34-32-54/h10-14,17,20,39,41-44,53,57-58H,2,9,15-16,18-19,21-35H2,1,3-8H3/t39-,41+,42-,43+,44+,48-,49+,50+,51-,52-/m0/s1. The van der Waals surface area contributed by atoms with Crippen molar-refractivity contribution in [2.24, 2.45) is 56.7 Å². The highest BCUT2D eigenvalue weighted by atomic mass is 32.3. The number of carbonyl (C=O) groups excluding carboxylic acids is 2. The first-order chi connectivity index (χ1) is 28.8. The van der Waals surface area contributed by atoms with Gasteiger partial charge in [0.05, 0.1) is 23.7 Å². The maximum Gasteiger partial charge on any atom is 0.338 e. The first-order valence-electron chi connectivity index (χ1n) is 24.0. The molecule has 3 N–H and O–H groups in total. The van der Waals surface area contributed by atoms with Crippen molar-refractivity contribution >= 4 is 22.5 Å². The number of allylic oxidation sites excluding steroid dienone is 5. The van der Waals surface area contributed by atoms with E-state index in [1.807, 2.05) is 25.1 Å². The molecule has 4 saturated carbocycles. The van der Waals surface area contributed by atoms with Gasteiger partial charge in [0.2, 0.25) is 0 Å². The quantitative estimate of drug-likeness (QED) is 0.149.